The van der Waals surface area contributed by atoms with Crippen molar-refractivity contribution < 1.29 is 9.90 Å². The van der Waals surface area contributed by atoms with Crippen molar-refractivity contribution in [2.45, 2.75) is 13.5 Å². The Balaban J connectivity index is 1.84. The van der Waals surface area contributed by atoms with Crippen molar-refractivity contribution in [1.82, 2.24) is 14.5 Å². The van der Waals surface area contributed by atoms with E-state index in [4.69, 9.17) is 5.11 Å². The van der Waals surface area contributed by atoms with E-state index in [9.17, 15) is 4.79 Å². The van der Waals surface area contributed by atoms with Gasteiger partial charge in [0.15, 0.2) is 5.69 Å². The van der Waals surface area contributed by atoms with Gasteiger partial charge in [-0.25, -0.2) is 14.8 Å². The molecule has 0 fully saturated rings. The molecule has 0 aliphatic rings. The normalized spacial score (nSPS) is 10.3. The smallest absolute Gasteiger partial charge is 0.356 e. The summed E-state index contributed by atoms with van der Waals surface area (Å²) in [4.78, 5) is 18.6. The number of rotatable bonds is 5. The zero-order valence-electron chi connectivity index (χ0n) is 10.00. The topological polar surface area (TPSA) is 80.0 Å². The lowest BCUT2D eigenvalue weighted by Crippen LogP contribution is -2.10. The number of nitrogens with one attached hydrogen (secondary N) is 1. The van der Waals surface area contributed by atoms with Gasteiger partial charge in [0.2, 0.25) is 0 Å². The van der Waals surface area contributed by atoms with Crippen LogP contribution in [-0.4, -0.2) is 32.2 Å². The van der Waals surface area contributed by atoms with Gasteiger partial charge < -0.3 is 15.0 Å². The average molecular weight is 246 g/mol. The highest BCUT2D eigenvalue weighted by molar-refractivity contribution is 5.84. The molecule has 2 aromatic heterocycles. The number of hydrogen-bond acceptors (Lipinski definition) is 4. The van der Waals surface area contributed by atoms with Crippen LogP contribution in [0.5, 0.6) is 0 Å². The quantitative estimate of drug-likeness (QED) is 0.833. The first-order valence-electron chi connectivity index (χ1n) is 5.57. The Kier molecular flexibility index (Phi) is 3.57. The predicted molar refractivity (Wildman–Crippen MR) is 66.7 cm³/mol. The standard InChI is InChI=1S/C12H14N4O2/c1-9-2-3-11(14-6-9)13-4-5-16-7-10(12(17)18)15-8-16/h2-3,6-8H,4-5H2,1H3,(H,13,14)(H,17,18). The highest BCUT2D eigenvalue weighted by atomic mass is 16.4. The molecule has 2 heterocycles. The van der Waals surface area contributed by atoms with Crippen LogP contribution >= 0.6 is 0 Å². The van der Waals surface area contributed by atoms with Crippen molar-refractivity contribution in [2.24, 2.45) is 0 Å². The third-order valence-electron chi connectivity index (χ3n) is 2.44. The number of carboxylic acid groups (broad SMARTS) is 1. The monoisotopic (exact) mass is 246 g/mol. The fraction of sp³-hybridized carbons (Fsp3) is 0.250. The summed E-state index contributed by atoms with van der Waals surface area (Å²) in [5.41, 5.74) is 1.17. The summed E-state index contributed by atoms with van der Waals surface area (Å²) in [6, 6.07) is 3.89. The minimum Gasteiger partial charge on any atom is -0.476 e. The second-order valence-electron chi connectivity index (χ2n) is 3.95. The van der Waals surface area contributed by atoms with Gasteiger partial charge in [-0.2, -0.15) is 0 Å². The fourth-order valence-electron chi connectivity index (χ4n) is 1.48. The average Bonchev–Trinajstić information content (AvgIpc) is 2.81. The first-order chi connectivity index (χ1) is 8.65. The molecule has 0 atom stereocenters. The summed E-state index contributed by atoms with van der Waals surface area (Å²) in [7, 11) is 0. The Morgan fingerprint density at radius 1 is 1.44 bits per heavy atom. The number of hydrogen-bond donors (Lipinski definition) is 2. The van der Waals surface area contributed by atoms with Gasteiger partial charge >= 0.3 is 5.97 Å². The highest BCUT2D eigenvalue weighted by Gasteiger charge is 2.05. The number of aromatic nitrogens is 3. The molecule has 6 heteroatoms. The maximum atomic E-state index is 10.6. The summed E-state index contributed by atoms with van der Waals surface area (Å²) in [5, 5.41) is 11.9. The minimum absolute atomic E-state index is 0.0588. The third-order valence-corrected chi connectivity index (χ3v) is 2.44. The second kappa shape index (κ2) is 5.31. The molecule has 2 aromatic rings. The van der Waals surface area contributed by atoms with Crippen molar-refractivity contribution in [2.75, 3.05) is 11.9 Å². The number of carbonyl (C=O) groups is 1. The van der Waals surface area contributed by atoms with Crippen LogP contribution < -0.4 is 5.32 Å². The molecule has 0 unspecified atom stereocenters. The summed E-state index contributed by atoms with van der Waals surface area (Å²) < 4.78 is 1.73. The molecule has 6 nitrogen and oxygen atoms in total. The number of carboxylic acids is 1. The molecule has 0 saturated carbocycles. The molecule has 0 aliphatic heterocycles. The van der Waals surface area contributed by atoms with Gasteiger partial charge in [-0.05, 0) is 18.6 Å². The van der Waals surface area contributed by atoms with Crippen LogP contribution in [0, 0.1) is 6.92 Å². The fourth-order valence-corrected chi connectivity index (χ4v) is 1.48. The molecular weight excluding hydrogens is 232 g/mol. The largest absolute Gasteiger partial charge is 0.476 e. The van der Waals surface area contributed by atoms with E-state index >= 15 is 0 Å². The number of imidazole rings is 1. The third kappa shape index (κ3) is 3.07. The molecule has 0 spiro atoms. The number of pyridine rings is 1. The van der Waals surface area contributed by atoms with Gasteiger partial charge in [0.25, 0.3) is 0 Å². The van der Waals surface area contributed by atoms with E-state index in [1.807, 2.05) is 19.1 Å². The van der Waals surface area contributed by atoms with Crippen LogP contribution in [0.25, 0.3) is 0 Å². The van der Waals surface area contributed by atoms with Crippen molar-refractivity contribution in [1.29, 1.82) is 0 Å². The summed E-state index contributed by atoms with van der Waals surface area (Å²) in [6.07, 6.45) is 4.81. The van der Waals surface area contributed by atoms with Gasteiger partial charge in [0, 0.05) is 25.5 Å². The van der Waals surface area contributed by atoms with Crippen molar-refractivity contribution in [3.63, 3.8) is 0 Å². The first kappa shape index (κ1) is 12.1. The van der Waals surface area contributed by atoms with Crippen molar-refractivity contribution in [3.8, 4) is 0 Å². The van der Waals surface area contributed by atoms with Crippen LogP contribution in [-0.2, 0) is 6.54 Å². The Labute approximate surface area is 104 Å². The minimum atomic E-state index is -1.01. The van der Waals surface area contributed by atoms with E-state index in [2.05, 4.69) is 15.3 Å². The number of nitrogens with zero attached hydrogens (tertiary/aromatic N) is 3. The molecule has 0 aromatic carbocycles. The van der Waals surface area contributed by atoms with Gasteiger partial charge in [-0.15, -0.1) is 0 Å². The van der Waals surface area contributed by atoms with Crippen LogP contribution in [0.3, 0.4) is 0 Å². The zero-order valence-corrected chi connectivity index (χ0v) is 10.00. The lowest BCUT2D eigenvalue weighted by Gasteiger charge is -2.05. The Morgan fingerprint density at radius 3 is 2.89 bits per heavy atom. The van der Waals surface area contributed by atoms with E-state index < -0.39 is 5.97 Å². The zero-order chi connectivity index (χ0) is 13.0. The van der Waals surface area contributed by atoms with Crippen molar-refractivity contribution >= 4 is 11.8 Å². The molecule has 0 amide bonds. The Bertz CT molecular complexity index is 533. The molecule has 0 aliphatic carbocycles. The van der Waals surface area contributed by atoms with Gasteiger partial charge in [0.05, 0.1) is 6.33 Å². The molecular formula is C12H14N4O2. The second-order valence-corrected chi connectivity index (χ2v) is 3.95. The predicted octanol–water partition coefficient (Wildman–Crippen LogP) is 1.40. The molecule has 2 rings (SSSR count). The van der Waals surface area contributed by atoms with Gasteiger partial charge in [-0.1, -0.05) is 6.07 Å². The van der Waals surface area contributed by atoms with Crippen molar-refractivity contribution in [3.05, 3.63) is 42.1 Å². The molecule has 0 radical (unpaired) electrons. The molecule has 0 saturated heterocycles. The first-order valence-corrected chi connectivity index (χ1v) is 5.57. The molecule has 94 valence electrons. The highest BCUT2D eigenvalue weighted by Crippen LogP contribution is 2.03. The number of anilines is 1. The Morgan fingerprint density at radius 2 is 2.28 bits per heavy atom. The van der Waals surface area contributed by atoms with E-state index in [0.29, 0.717) is 13.1 Å². The number of aryl methyl sites for hydroxylation is 1. The van der Waals surface area contributed by atoms with E-state index in [-0.39, 0.29) is 5.69 Å². The van der Waals surface area contributed by atoms with Crippen LogP contribution in [0.15, 0.2) is 30.9 Å². The summed E-state index contributed by atoms with van der Waals surface area (Å²) in [5.74, 6) is -0.207. The van der Waals surface area contributed by atoms with E-state index in [1.54, 1.807) is 10.8 Å². The molecule has 18 heavy (non-hydrogen) atoms. The number of aromatic carboxylic acids is 1. The van der Waals surface area contributed by atoms with Crippen LogP contribution in [0.1, 0.15) is 16.1 Å². The maximum Gasteiger partial charge on any atom is 0.356 e. The van der Waals surface area contributed by atoms with E-state index in [1.165, 1.54) is 12.5 Å². The summed E-state index contributed by atoms with van der Waals surface area (Å²) in [6.45, 7) is 3.27. The molecule has 0 bridgehead atoms. The summed E-state index contributed by atoms with van der Waals surface area (Å²) >= 11 is 0. The maximum absolute atomic E-state index is 10.6. The Hall–Kier alpha value is -2.37. The lowest BCUT2D eigenvalue weighted by atomic mass is 10.3. The van der Waals surface area contributed by atoms with E-state index in [0.717, 1.165) is 11.4 Å². The van der Waals surface area contributed by atoms with Gasteiger partial charge in [-0.3, -0.25) is 0 Å². The van der Waals surface area contributed by atoms with Crippen LogP contribution in [0.2, 0.25) is 0 Å². The van der Waals surface area contributed by atoms with Crippen LogP contribution in [0.4, 0.5) is 5.82 Å². The lowest BCUT2D eigenvalue weighted by molar-refractivity contribution is 0.0691. The molecule has 2 N–H and O–H groups in total. The van der Waals surface area contributed by atoms with Gasteiger partial charge in [0.1, 0.15) is 5.82 Å². The SMILES string of the molecule is Cc1ccc(NCCn2cnc(C(=O)O)c2)nc1.